The standard InChI is InChI=1S/C18H28N4O5/c1-6-11(4)15(20-18(19)25)17(24)22-21-16(23)12-7-8-13(27-10(2)3)14(9-12)26-5/h7-11,15H,6H2,1-5H3,(H,21,23)(H,22,24)(H3,19,20,25)/t11-,15-/m0/s1. The van der Waals surface area contributed by atoms with Gasteiger partial charge < -0.3 is 20.5 Å². The van der Waals surface area contributed by atoms with Crippen molar-refractivity contribution in [1.82, 2.24) is 16.2 Å². The highest BCUT2D eigenvalue weighted by molar-refractivity contribution is 5.96. The molecule has 0 spiro atoms. The van der Waals surface area contributed by atoms with Crippen LogP contribution in [-0.4, -0.2) is 37.1 Å². The zero-order valence-electron chi connectivity index (χ0n) is 16.3. The van der Waals surface area contributed by atoms with Crippen LogP contribution in [0.15, 0.2) is 18.2 Å². The van der Waals surface area contributed by atoms with E-state index in [2.05, 4.69) is 16.2 Å². The van der Waals surface area contributed by atoms with Crippen molar-refractivity contribution in [2.45, 2.75) is 46.3 Å². The molecule has 0 unspecified atom stereocenters. The van der Waals surface area contributed by atoms with Crippen LogP contribution in [0.25, 0.3) is 0 Å². The molecular formula is C18H28N4O5. The number of methoxy groups -OCH3 is 1. The highest BCUT2D eigenvalue weighted by atomic mass is 16.5. The maximum atomic E-state index is 12.3. The number of primary amides is 1. The van der Waals surface area contributed by atoms with Crippen LogP contribution in [0, 0.1) is 5.92 Å². The Morgan fingerprint density at radius 1 is 1.11 bits per heavy atom. The molecule has 5 N–H and O–H groups in total. The van der Waals surface area contributed by atoms with Crippen molar-refractivity contribution < 1.29 is 23.9 Å². The average Bonchev–Trinajstić information content (AvgIpc) is 2.62. The van der Waals surface area contributed by atoms with Crippen molar-refractivity contribution in [3.8, 4) is 11.5 Å². The van der Waals surface area contributed by atoms with E-state index in [1.165, 1.54) is 13.2 Å². The van der Waals surface area contributed by atoms with E-state index in [-0.39, 0.29) is 17.6 Å². The Morgan fingerprint density at radius 3 is 2.30 bits per heavy atom. The van der Waals surface area contributed by atoms with Gasteiger partial charge in [0.05, 0.1) is 13.2 Å². The quantitative estimate of drug-likeness (QED) is 0.505. The Balaban J connectivity index is 2.80. The second-order valence-corrected chi connectivity index (χ2v) is 6.35. The minimum absolute atomic E-state index is 0.0480. The molecule has 0 saturated heterocycles. The van der Waals surface area contributed by atoms with E-state index >= 15 is 0 Å². The molecule has 0 radical (unpaired) electrons. The molecule has 27 heavy (non-hydrogen) atoms. The van der Waals surface area contributed by atoms with Crippen molar-refractivity contribution >= 4 is 17.8 Å². The van der Waals surface area contributed by atoms with E-state index in [0.29, 0.717) is 17.9 Å². The summed E-state index contributed by atoms with van der Waals surface area (Å²) in [7, 11) is 1.47. The second kappa shape index (κ2) is 10.2. The SMILES string of the molecule is CC[C@H](C)[C@H](NC(N)=O)C(=O)NNC(=O)c1ccc(OC(C)C)c(OC)c1. The Hall–Kier alpha value is -2.97. The molecule has 0 aliphatic carbocycles. The van der Waals surface area contributed by atoms with Crippen molar-refractivity contribution in [1.29, 1.82) is 0 Å². The van der Waals surface area contributed by atoms with Crippen molar-refractivity contribution in [3.63, 3.8) is 0 Å². The fourth-order valence-electron chi connectivity index (χ4n) is 2.28. The summed E-state index contributed by atoms with van der Waals surface area (Å²) in [6, 6.07) is 3.01. The molecule has 0 heterocycles. The van der Waals surface area contributed by atoms with Gasteiger partial charge in [0.1, 0.15) is 6.04 Å². The van der Waals surface area contributed by atoms with Gasteiger partial charge in [-0.2, -0.15) is 0 Å². The van der Waals surface area contributed by atoms with E-state index in [0.717, 1.165) is 0 Å². The molecule has 9 nitrogen and oxygen atoms in total. The minimum atomic E-state index is -0.857. The van der Waals surface area contributed by atoms with E-state index in [9.17, 15) is 14.4 Å². The summed E-state index contributed by atoms with van der Waals surface area (Å²) in [6.07, 6.45) is 0.592. The average molecular weight is 380 g/mol. The number of amides is 4. The molecule has 0 aliphatic heterocycles. The molecule has 0 fully saturated rings. The largest absolute Gasteiger partial charge is 0.493 e. The van der Waals surface area contributed by atoms with Gasteiger partial charge in [-0.25, -0.2) is 4.79 Å². The normalized spacial score (nSPS) is 12.7. The van der Waals surface area contributed by atoms with Crippen LogP contribution in [-0.2, 0) is 4.79 Å². The van der Waals surface area contributed by atoms with Crippen LogP contribution >= 0.6 is 0 Å². The van der Waals surface area contributed by atoms with Gasteiger partial charge in [0, 0.05) is 5.56 Å². The van der Waals surface area contributed by atoms with Gasteiger partial charge in [-0.3, -0.25) is 20.4 Å². The molecule has 1 aromatic rings. The number of hydrogen-bond donors (Lipinski definition) is 4. The smallest absolute Gasteiger partial charge is 0.312 e. The zero-order chi connectivity index (χ0) is 20.6. The van der Waals surface area contributed by atoms with Crippen LogP contribution in [0.1, 0.15) is 44.5 Å². The molecule has 1 rings (SSSR count). The number of rotatable bonds is 8. The second-order valence-electron chi connectivity index (χ2n) is 6.35. The highest BCUT2D eigenvalue weighted by Gasteiger charge is 2.25. The van der Waals surface area contributed by atoms with E-state index in [1.807, 2.05) is 20.8 Å². The Bertz CT molecular complexity index is 678. The first-order valence-electron chi connectivity index (χ1n) is 8.70. The topological polar surface area (TPSA) is 132 Å². The Kier molecular flexibility index (Phi) is 8.37. The van der Waals surface area contributed by atoms with Gasteiger partial charge >= 0.3 is 6.03 Å². The predicted molar refractivity (Wildman–Crippen MR) is 100 cm³/mol. The van der Waals surface area contributed by atoms with Crippen LogP contribution < -0.4 is 31.4 Å². The fraction of sp³-hybridized carbons (Fsp3) is 0.500. The lowest BCUT2D eigenvalue weighted by molar-refractivity contribution is -0.124. The van der Waals surface area contributed by atoms with Crippen molar-refractivity contribution in [2.24, 2.45) is 11.7 Å². The van der Waals surface area contributed by atoms with Crippen LogP contribution in [0.3, 0.4) is 0 Å². The number of nitrogens with two attached hydrogens (primary N) is 1. The number of ether oxygens (including phenoxy) is 2. The van der Waals surface area contributed by atoms with Crippen LogP contribution in [0.2, 0.25) is 0 Å². The molecular weight excluding hydrogens is 352 g/mol. The third-order valence-electron chi connectivity index (χ3n) is 3.88. The third-order valence-corrected chi connectivity index (χ3v) is 3.88. The first-order chi connectivity index (χ1) is 12.7. The third kappa shape index (κ3) is 6.69. The lowest BCUT2D eigenvalue weighted by Crippen LogP contribution is -2.55. The molecule has 150 valence electrons. The van der Waals surface area contributed by atoms with Gasteiger partial charge in [0.2, 0.25) is 0 Å². The molecule has 0 saturated carbocycles. The van der Waals surface area contributed by atoms with Crippen molar-refractivity contribution in [2.75, 3.05) is 7.11 Å². The molecule has 0 aromatic heterocycles. The number of hydrogen-bond acceptors (Lipinski definition) is 5. The van der Waals surface area contributed by atoms with Gasteiger partial charge in [-0.05, 0) is 38.0 Å². The number of benzene rings is 1. The van der Waals surface area contributed by atoms with Crippen LogP contribution in [0.5, 0.6) is 11.5 Å². The summed E-state index contributed by atoms with van der Waals surface area (Å²) >= 11 is 0. The summed E-state index contributed by atoms with van der Waals surface area (Å²) in [5.74, 6) is -0.365. The number of hydrazine groups is 1. The summed E-state index contributed by atoms with van der Waals surface area (Å²) in [6.45, 7) is 7.42. The lowest BCUT2D eigenvalue weighted by atomic mass is 9.99. The van der Waals surface area contributed by atoms with Crippen molar-refractivity contribution in [3.05, 3.63) is 23.8 Å². The van der Waals surface area contributed by atoms with E-state index in [1.54, 1.807) is 19.1 Å². The van der Waals surface area contributed by atoms with Gasteiger partial charge in [-0.1, -0.05) is 20.3 Å². The lowest BCUT2D eigenvalue weighted by Gasteiger charge is -2.22. The highest BCUT2D eigenvalue weighted by Crippen LogP contribution is 2.28. The Morgan fingerprint density at radius 2 is 1.78 bits per heavy atom. The number of urea groups is 1. The predicted octanol–water partition coefficient (Wildman–Crippen LogP) is 1.33. The molecule has 0 aliphatic rings. The first kappa shape index (κ1) is 22.1. The molecule has 2 atom stereocenters. The maximum Gasteiger partial charge on any atom is 0.312 e. The maximum absolute atomic E-state index is 12.3. The summed E-state index contributed by atoms with van der Waals surface area (Å²) in [4.78, 5) is 35.7. The van der Waals surface area contributed by atoms with Gasteiger partial charge in [-0.15, -0.1) is 0 Å². The summed E-state index contributed by atoms with van der Waals surface area (Å²) in [5.41, 5.74) is 10.00. The minimum Gasteiger partial charge on any atom is -0.493 e. The van der Waals surface area contributed by atoms with Crippen LogP contribution in [0.4, 0.5) is 4.79 Å². The molecule has 9 heteroatoms. The number of carbonyl (C=O) groups excluding carboxylic acids is 3. The van der Waals surface area contributed by atoms with E-state index < -0.39 is 23.9 Å². The summed E-state index contributed by atoms with van der Waals surface area (Å²) < 4.78 is 10.8. The monoisotopic (exact) mass is 380 g/mol. The molecule has 0 bridgehead atoms. The van der Waals surface area contributed by atoms with E-state index in [4.69, 9.17) is 15.2 Å². The van der Waals surface area contributed by atoms with Gasteiger partial charge in [0.15, 0.2) is 11.5 Å². The molecule has 4 amide bonds. The number of nitrogens with one attached hydrogen (secondary N) is 3. The fourth-order valence-corrected chi connectivity index (χ4v) is 2.28. The number of carbonyl (C=O) groups is 3. The van der Waals surface area contributed by atoms with Gasteiger partial charge in [0.25, 0.3) is 11.8 Å². The first-order valence-corrected chi connectivity index (χ1v) is 8.70. The summed E-state index contributed by atoms with van der Waals surface area (Å²) in [5, 5.41) is 2.38. The zero-order valence-corrected chi connectivity index (χ0v) is 16.3. The Labute approximate surface area is 158 Å². The molecule has 1 aromatic carbocycles.